The first-order valence-corrected chi connectivity index (χ1v) is 9.27. The predicted octanol–water partition coefficient (Wildman–Crippen LogP) is 2.47. The van der Waals surface area contributed by atoms with Crippen molar-refractivity contribution in [3.8, 4) is 0 Å². The van der Waals surface area contributed by atoms with Crippen molar-refractivity contribution >= 4 is 11.6 Å². The van der Waals surface area contributed by atoms with Crippen molar-refractivity contribution in [3.63, 3.8) is 0 Å². The number of nitrogens with one attached hydrogen (secondary N) is 1. The molecule has 1 aromatic heterocycles. The minimum absolute atomic E-state index is 0.107. The molecule has 0 unspecified atom stereocenters. The summed E-state index contributed by atoms with van der Waals surface area (Å²) in [6, 6.07) is 12.5. The average molecular weight is 352 g/mol. The second kappa shape index (κ2) is 8.81. The number of carbonyl (C=O) groups excluding carboxylic acids is 1. The van der Waals surface area contributed by atoms with Crippen LogP contribution >= 0.6 is 0 Å². The second-order valence-corrected chi connectivity index (χ2v) is 7.24. The van der Waals surface area contributed by atoms with Crippen molar-refractivity contribution in [2.24, 2.45) is 0 Å². The van der Waals surface area contributed by atoms with Gasteiger partial charge in [0.15, 0.2) is 0 Å². The number of amides is 1. The molecule has 0 aliphatic carbocycles. The summed E-state index contributed by atoms with van der Waals surface area (Å²) in [4.78, 5) is 21.1. The highest BCUT2D eigenvalue weighted by Crippen LogP contribution is 2.15. The monoisotopic (exact) mass is 352 g/mol. The van der Waals surface area contributed by atoms with Crippen LogP contribution in [0.4, 0.5) is 5.69 Å². The molecule has 2 aromatic rings. The Morgan fingerprint density at radius 3 is 2.73 bits per heavy atom. The molecule has 1 aliphatic rings. The average Bonchev–Trinajstić information content (AvgIpc) is 2.63. The standard InChI is InChI=1S/C21H28N4O/c1-24(2)20-9-7-17(8-10-20)13-21(26)23-19-6-4-12-25(16-19)15-18-5-3-11-22-14-18/h3,5,7-11,14,19H,4,6,12-13,15-16H2,1-2H3,(H,23,26)/t19-/m1/s1. The highest BCUT2D eigenvalue weighted by atomic mass is 16.1. The Bertz CT molecular complexity index is 700. The lowest BCUT2D eigenvalue weighted by atomic mass is 10.0. The normalized spacial score (nSPS) is 17.7. The Labute approximate surface area is 156 Å². The van der Waals surface area contributed by atoms with Crippen molar-refractivity contribution in [3.05, 3.63) is 59.9 Å². The summed E-state index contributed by atoms with van der Waals surface area (Å²) in [5.74, 6) is 0.107. The predicted molar refractivity (Wildman–Crippen MR) is 105 cm³/mol. The Kier molecular flexibility index (Phi) is 6.23. The fraction of sp³-hybridized carbons (Fsp3) is 0.429. The number of piperidine rings is 1. The summed E-state index contributed by atoms with van der Waals surface area (Å²) in [5, 5.41) is 3.21. The Hall–Kier alpha value is -2.40. The van der Waals surface area contributed by atoms with Crippen LogP contribution in [0.3, 0.4) is 0 Å². The summed E-state index contributed by atoms with van der Waals surface area (Å²) in [7, 11) is 4.03. The van der Waals surface area contributed by atoms with E-state index in [0.717, 1.165) is 43.7 Å². The number of anilines is 1. The maximum atomic E-state index is 12.4. The molecule has 3 rings (SSSR count). The number of likely N-dealkylation sites (tertiary alicyclic amines) is 1. The van der Waals surface area contributed by atoms with E-state index in [9.17, 15) is 4.79 Å². The molecular formula is C21H28N4O. The van der Waals surface area contributed by atoms with Gasteiger partial charge in [0.1, 0.15) is 0 Å². The van der Waals surface area contributed by atoms with Crippen molar-refractivity contribution in [2.75, 3.05) is 32.1 Å². The summed E-state index contributed by atoms with van der Waals surface area (Å²) in [6.45, 7) is 2.87. The molecule has 0 radical (unpaired) electrons. The molecule has 5 heteroatoms. The smallest absolute Gasteiger partial charge is 0.224 e. The van der Waals surface area contributed by atoms with Crippen molar-refractivity contribution in [2.45, 2.75) is 31.8 Å². The van der Waals surface area contributed by atoms with Gasteiger partial charge in [0.2, 0.25) is 5.91 Å². The first-order valence-electron chi connectivity index (χ1n) is 9.27. The molecule has 26 heavy (non-hydrogen) atoms. The van der Waals surface area contributed by atoms with Crippen LogP contribution in [0.2, 0.25) is 0 Å². The molecule has 0 saturated carbocycles. The zero-order valence-corrected chi connectivity index (χ0v) is 15.7. The molecule has 5 nitrogen and oxygen atoms in total. The topological polar surface area (TPSA) is 48.5 Å². The molecule has 138 valence electrons. The van der Waals surface area contributed by atoms with E-state index in [1.54, 1.807) is 6.20 Å². The van der Waals surface area contributed by atoms with Crippen LogP contribution in [0.1, 0.15) is 24.0 Å². The third-order valence-corrected chi connectivity index (χ3v) is 4.82. The summed E-state index contributed by atoms with van der Waals surface area (Å²) >= 11 is 0. The van der Waals surface area contributed by atoms with Gasteiger partial charge < -0.3 is 10.2 Å². The van der Waals surface area contributed by atoms with E-state index in [0.29, 0.717) is 6.42 Å². The van der Waals surface area contributed by atoms with Gasteiger partial charge in [-0.1, -0.05) is 18.2 Å². The quantitative estimate of drug-likeness (QED) is 0.868. The number of pyridine rings is 1. The van der Waals surface area contributed by atoms with Crippen molar-refractivity contribution < 1.29 is 4.79 Å². The molecule has 1 aliphatic heterocycles. The molecule has 1 saturated heterocycles. The molecule has 1 N–H and O–H groups in total. The van der Waals surface area contributed by atoms with Gasteiger partial charge in [-0.3, -0.25) is 14.7 Å². The summed E-state index contributed by atoms with van der Waals surface area (Å²) in [6.07, 6.45) is 6.32. The number of benzene rings is 1. The molecule has 0 bridgehead atoms. The van der Waals surface area contributed by atoms with Gasteiger partial charge >= 0.3 is 0 Å². The van der Waals surface area contributed by atoms with Gasteiger partial charge in [-0.25, -0.2) is 0 Å². The minimum Gasteiger partial charge on any atom is -0.378 e. The SMILES string of the molecule is CN(C)c1ccc(CC(=O)N[C@@H]2CCCN(Cc3cccnc3)C2)cc1. The molecular weight excluding hydrogens is 324 g/mol. The molecule has 1 amide bonds. The lowest BCUT2D eigenvalue weighted by molar-refractivity contribution is -0.121. The number of hydrogen-bond acceptors (Lipinski definition) is 4. The van der Waals surface area contributed by atoms with Gasteiger partial charge in [0.05, 0.1) is 6.42 Å². The zero-order chi connectivity index (χ0) is 18.4. The molecule has 2 heterocycles. The second-order valence-electron chi connectivity index (χ2n) is 7.24. The fourth-order valence-electron chi connectivity index (χ4n) is 3.44. The number of carbonyl (C=O) groups is 1. The van der Waals surface area contributed by atoms with Gasteiger partial charge in [-0.2, -0.15) is 0 Å². The highest BCUT2D eigenvalue weighted by molar-refractivity contribution is 5.79. The van der Waals surface area contributed by atoms with E-state index < -0.39 is 0 Å². The number of rotatable bonds is 6. The van der Waals surface area contributed by atoms with Crippen LogP contribution in [0.15, 0.2) is 48.8 Å². The molecule has 1 atom stereocenters. The lowest BCUT2D eigenvalue weighted by Crippen LogP contribution is -2.47. The van der Waals surface area contributed by atoms with E-state index in [-0.39, 0.29) is 11.9 Å². The third-order valence-electron chi connectivity index (χ3n) is 4.82. The van der Waals surface area contributed by atoms with Crippen LogP contribution in [-0.4, -0.2) is 49.0 Å². The van der Waals surface area contributed by atoms with Crippen molar-refractivity contribution in [1.29, 1.82) is 0 Å². The van der Waals surface area contributed by atoms with Crippen LogP contribution in [-0.2, 0) is 17.8 Å². The molecule has 1 fully saturated rings. The maximum absolute atomic E-state index is 12.4. The largest absolute Gasteiger partial charge is 0.378 e. The number of nitrogens with zero attached hydrogens (tertiary/aromatic N) is 3. The number of aromatic nitrogens is 1. The molecule has 1 aromatic carbocycles. The summed E-state index contributed by atoms with van der Waals surface area (Å²) in [5.41, 5.74) is 3.42. The highest BCUT2D eigenvalue weighted by Gasteiger charge is 2.21. The maximum Gasteiger partial charge on any atom is 0.224 e. The number of hydrogen-bond donors (Lipinski definition) is 1. The van der Waals surface area contributed by atoms with E-state index in [1.165, 1.54) is 5.56 Å². The van der Waals surface area contributed by atoms with Crippen molar-refractivity contribution in [1.82, 2.24) is 15.2 Å². The zero-order valence-electron chi connectivity index (χ0n) is 15.7. The first kappa shape index (κ1) is 18.4. The molecule has 0 spiro atoms. The van der Waals surface area contributed by atoms with Gasteiger partial charge in [0, 0.05) is 51.3 Å². The van der Waals surface area contributed by atoms with E-state index in [4.69, 9.17) is 0 Å². The first-order chi connectivity index (χ1) is 12.6. The van der Waals surface area contributed by atoms with Gasteiger partial charge in [-0.05, 0) is 48.7 Å². The van der Waals surface area contributed by atoms with Crippen LogP contribution in [0, 0.1) is 0 Å². The van der Waals surface area contributed by atoms with E-state index >= 15 is 0 Å². The van der Waals surface area contributed by atoms with E-state index in [2.05, 4.69) is 38.3 Å². The van der Waals surface area contributed by atoms with Gasteiger partial charge in [-0.15, -0.1) is 0 Å². The minimum atomic E-state index is 0.107. The van der Waals surface area contributed by atoms with Crippen LogP contribution in [0.25, 0.3) is 0 Å². The third kappa shape index (κ3) is 5.30. The lowest BCUT2D eigenvalue weighted by Gasteiger charge is -2.33. The van der Waals surface area contributed by atoms with Crippen LogP contribution < -0.4 is 10.2 Å². The Morgan fingerprint density at radius 1 is 1.23 bits per heavy atom. The van der Waals surface area contributed by atoms with Crippen LogP contribution in [0.5, 0.6) is 0 Å². The Morgan fingerprint density at radius 2 is 2.04 bits per heavy atom. The van der Waals surface area contributed by atoms with E-state index in [1.807, 2.05) is 38.5 Å². The fourth-order valence-corrected chi connectivity index (χ4v) is 3.44. The van der Waals surface area contributed by atoms with Gasteiger partial charge in [0.25, 0.3) is 0 Å². The Balaban J connectivity index is 1.49. The summed E-state index contributed by atoms with van der Waals surface area (Å²) < 4.78 is 0.